The Kier molecular flexibility index (Phi) is 3.66. The molecule has 0 radical (unpaired) electrons. The number of furan rings is 1. The van der Waals surface area contributed by atoms with E-state index in [1.807, 2.05) is 24.1 Å². The Bertz CT molecular complexity index is 485. The summed E-state index contributed by atoms with van der Waals surface area (Å²) >= 11 is 6.10. The minimum absolute atomic E-state index is 0.0606. The lowest BCUT2D eigenvalue weighted by molar-refractivity contribution is 0.281. The van der Waals surface area contributed by atoms with Gasteiger partial charge >= 0.3 is 0 Å². The predicted molar refractivity (Wildman–Crippen MR) is 66.0 cm³/mol. The summed E-state index contributed by atoms with van der Waals surface area (Å²) < 4.78 is 5.26. The van der Waals surface area contributed by atoms with E-state index in [4.69, 9.17) is 21.1 Å². The van der Waals surface area contributed by atoms with Gasteiger partial charge in [-0.25, -0.2) is 4.98 Å². The fourth-order valence-electron chi connectivity index (χ4n) is 1.55. The first kappa shape index (κ1) is 12.0. The molecule has 0 bridgehead atoms. The van der Waals surface area contributed by atoms with E-state index in [-0.39, 0.29) is 6.61 Å². The van der Waals surface area contributed by atoms with Gasteiger partial charge in [0.15, 0.2) is 0 Å². The van der Waals surface area contributed by atoms with Gasteiger partial charge in [-0.1, -0.05) is 11.6 Å². The minimum atomic E-state index is -0.0606. The molecule has 2 aromatic heterocycles. The maximum absolute atomic E-state index is 8.97. The number of halogens is 1. The van der Waals surface area contributed by atoms with Crippen LogP contribution in [-0.4, -0.2) is 17.1 Å². The predicted octanol–water partition coefficient (Wildman–Crippen LogP) is 2.46. The van der Waals surface area contributed by atoms with Gasteiger partial charge in [0.2, 0.25) is 0 Å². The number of hydrogen-bond acceptors (Lipinski definition) is 4. The molecule has 17 heavy (non-hydrogen) atoms. The quantitative estimate of drug-likeness (QED) is 0.908. The maximum Gasteiger partial charge on any atom is 0.147 e. The van der Waals surface area contributed by atoms with Crippen LogP contribution in [0.5, 0.6) is 0 Å². The normalized spacial score (nSPS) is 10.5. The average Bonchev–Trinajstić information content (AvgIpc) is 2.81. The van der Waals surface area contributed by atoms with Gasteiger partial charge in [0, 0.05) is 13.2 Å². The van der Waals surface area contributed by atoms with Crippen LogP contribution < -0.4 is 4.90 Å². The van der Waals surface area contributed by atoms with Crippen LogP contribution in [0.3, 0.4) is 0 Å². The Labute approximate surface area is 104 Å². The van der Waals surface area contributed by atoms with E-state index < -0.39 is 0 Å². The Hall–Kier alpha value is -1.52. The molecule has 0 saturated carbocycles. The summed E-state index contributed by atoms with van der Waals surface area (Å²) in [5.74, 6) is 1.51. The summed E-state index contributed by atoms with van der Waals surface area (Å²) in [5.41, 5.74) is 0.699. The lowest BCUT2D eigenvalue weighted by Gasteiger charge is -2.18. The second-order valence-corrected chi connectivity index (χ2v) is 4.15. The largest absolute Gasteiger partial charge is 0.467 e. The molecule has 2 aromatic rings. The van der Waals surface area contributed by atoms with Crippen LogP contribution >= 0.6 is 11.6 Å². The van der Waals surface area contributed by atoms with Crippen LogP contribution in [0.2, 0.25) is 5.02 Å². The molecule has 0 fully saturated rings. The molecule has 0 spiro atoms. The maximum atomic E-state index is 8.97. The summed E-state index contributed by atoms with van der Waals surface area (Å²) in [6.07, 6.45) is 3.24. The van der Waals surface area contributed by atoms with Crippen molar-refractivity contribution < 1.29 is 9.52 Å². The van der Waals surface area contributed by atoms with Gasteiger partial charge in [0.25, 0.3) is 0 Å². The summed E-state index contributed by atoms with van der Waals surface area (Å²) in [4.78, 5) is 6.11. The highest BCUT2D eigenvalue weighted by atomic mass is 35.5. The molecule has 5 heteroatoms. The van der Waals surface area contributed by atoms with Gasteiger partial charge in [-0.05, 0) is 23.8 Å². The van der Waals surface area contributed by atoms with Crippen LogP contribution in [0.1, 0.15) is 11.3 Å². The smallest absolute Gasteiger partial charge is 0.147 e. The minimum Gasteiger partial charge on any atom is -0.467 e. The van der Waals surface area contributed by atoms with Crippen LogP contribution in [0.15, 0.2) is 35.1 Å². The number of aromatic nitrogens is 1. The van der Waals surface area contributed by atoms with Crippen molar-refractivity contribution in [3.63, 3.8) is 0 Å². The van der Waals surface area contributed by atoms with Gasteiger partial charge in [-0.15, -0.1) is 0 Å². The third-order valence-corrected chi connectivity index (χ3v) is 2.67. The van der Waals surface area contributed by atoms with Crippen LogP contribution in [0.25, 0.3) is 0 Å². The molecule has 2 rings (SSSR count). The second kappa shape index (κ2) is 5.21. The second-order valence-electron chi connectivity index (χ2n) is 3.74. The molecule has 0 unspecified atom stereocenters. The number of anilines is 1. The lowest BCUT2D eigenvalue weighted by atomic mass is 10.3. The third kappa shape index (κ3) is 2.78. The molecule has 0 aliphatic carbocycles. The molecule has 0 amide bonds. The highest BCUT2D eigenvalue weighted by molar-refractivity contribution is 6.33. The molecular formula is C12H13ClN2O2. The number of nitrogens with zero attached hydrogens (tertiary/aromatic N) is 2. The average molecular weight is 253 g/mol. The zero-order valence-corrected chi connectivity index (χ0v) is 10.2. The molecule has 1 N–H and O–H groups in total. The van der Waals surface area contributed by atoms with E-state index in [9.17, 15) is 0 Å². The first-order valence-corrected chi connectivity index (χ1v) is 5.57. The van der Waals surface area contributed by atoms with Crippen molar-refractivity contribution in [1.29, 1.82) is 0 Å². The van der Waals surface area contributed by atoms with Crippen LogP contribution in [0, 0.1) is 0 Å². The van der Waals surface area contributed by atoms with Gasteiger partial charge in [-0.2, -0.15) is 0 Å². The molecule has 0 atom stereocenters. The number of rotatable bonds is 4. The third-order valence-electron chi connectivity index (χ3n) is 2.40. The molecule has 0 aliphatic heterocycles. The Morgan fingerprint density at radius 3 is 2.94 bits per heavy atom. The summed E-state index contributed by atoms with van der Waals surface area (Å²) in [6.45, 7) is 0.535. The van der Waals surface area contributed by atoms with Crippen molar-refractivity contribution in [3.8, 4) is 0 Å². The fraction of sp³-hybridized carbons (Fsp3) is 0.250. The topological polar surface area (TPSA) is 49.5 Å². The van der Waals surface area contributed by atoms with Crippen molar-refractivity contribution in [2.45, 2.75) is 13.2 Å². The van der Waals surface area contributed by atoms with Gasteiger partial charge in [0.05, 0.1) is 24.4 Å². The molecule has 2 heterocycles. The van der Waals surface area contributed by atoms with E-state index in [0.29, 0.717) is 22.9 Å². The number of pyridine rings is 1. The van der Waals surface area contributed by atoms with E-state index in [2.05, 4.69) is 4.98 Å². The highest BCUT2D eigenvalue weighted by Gasteiger charge is 2.10. The van der Waals surface area contributed by atoms with Gasteiger partial charge < -0.3 is 14.4 Å². The fourth-order valence-corrected chi connectivity index (χ4v) is 1.88. The SMILES string of the molecule is CN(Cc1ccco1)c1ncc(CO)cc1Cl. The number of aliphatic hydroxyl groups excluding tert-OH is 1. The van der Waals surface area contributed by atoms with Crippen molar-refractivity contribution in [1.82, 2.24) is 4.98 Å². The summed E-state index contributed by atoms with van der Waals surface area (Å²) in [6, 6.07) is 5.45. The standard InChI is InChI=1S/C12H13ClN2O2/c1-15(7-10-3-2-4-17-10)12-11(13)5-9(8-16)6-14-12/h2-6,16H,7-8H2,1H3. The van der Waals surface area contributed by atoms with Crippen molar-refractivity contribution in [2.75, 3.05) is 11.9 Å². The van der Waals surface area contributed by atoms with E-state index in [0.717, 1.165) is 5.76 Å². The summed E-state index contributed by atoms with van der Waals surface area (Å²) in [5, 5.41) is 9.49. The summed E-state index contributed by atoms with van der Waals surface area (Å²) in [7, 11) is 1.88. The van der Waals surface area contributed by atoms with E-state index in [1.54, 1.807) is 18.5 Å². The first-order valence-electron chi connectivity index (χ1n) is 5.19. The zero-order valence-electron chi connectivity index (χ0n) is 9.43. The van der Waals surface area contributed by atoms with E-state index >= 15 is 0 Å². The Morgan fingerprint density at radius 1 is 1.53 bits per heavy atom. The molecule has 0 aromatic carbocycles. The van der Waals surface area contributed by atoms with E-state index in [1.165, 1.54) is 0 Å². The molecular weight excluding hydrogens is 240 g/mol. The molecule has 0 saturated heterocycles. The molecule has 4 nitrogen and oxygen atoms in total. The highest BCUT2D eigenvalue weighted by Crippen LogP contribution is 2.24. The molecule has 90 valence electrons. The zero-order chi connectivity index (χ0) is 12.3. The van der Waals surface area contributed by atoms with Crippen LogP contribution in [-0.2, 0) is 13.2 Å². The van der Waals surface area contributed by atoms with Crippen molar-refractivity contribution in [2.24, 2.45) is 0 Å². The van der Waals surface area contributed by atoms with Crippen molar-refractivity contribution in [3.05, 3.63) is 47.0 Å². The van der Waals surface area contributed by atoms with Crippen LogP contribution in [0.4, 0.5) is 5.82 Å². The molecule has 0 aliphatic rings. The van der Waals surface area contributed by atoms with Gasteiger partial charge in [0.1, 0.15) is 11.6 Å². The first-order chi connectivity index (χ1) is 8.20. The van der Waals surface area contributed by atoms with Gasteiger partial charge in [-0.3, -0.25) is 0 Å². The number of aliphatic hydroxyl groups is 1. The Morgan fingerprint density at radius 2 is 2.35 bits per heavy atom. The Balaban J connectivity index is 2.16. The number of hydrogen-bond donors (Lipinski definition) is 1. The monoisotopic (exact) mass is 252 g/mol. The van der Waals surface area contributed by atoms with Crippen molar-refractivity contribution >= 4 is 17.4 Å². The lowest BCUT2D eigenvalue weighted by Crippen LogP contribution is -2.17.